The van der Waals surface area contributed by atoms with Crippen LogP contribution >= 0.6 is 0 Å². The largest absolute Gasteiger partial charge is 0.497 e. The lowest BCUT2D eigenvalue weighted by molar-refractivity contribution is -0.141. The van der Waals surface area contributed by atoms with E-state index in [0.717, 1.165) is 23.1 Å². The summed E-state index contributed by atoms with van der Waals surface area (Å²) in [5, 5.41) is 19.5. The lowest BCUT2D eigenvalue weighted by Crippen LogP contribution is -2.51. The minimum Gasteiger partial charge on any atom is -0.497 e. The normalized spacial score (nSPS) is 20.1. The number of aromatic nitrogens is 2. The van der Waals surface area contributed by atoms with Gasteiger partial charge in [-0.15, -0.1) is 0 Å². The van der Waals surface area contributed by atoms with Crippen molar-refractivity contribution >= 4 is 40.4 Å². The van der Waals surface area contributed by atoms with Crippen molar-refractivity contribution in [1.29, 1.82) is 0 Å². The average molecular weight is 534 g/mol. The predicted molar refractivity (Wildman–Crippen MR) is 143 cm³/mol. The second kappa shape index (κ2) is 10.4. The molecule has 39 heavy (non-hydrogen) atoms. The molecule has 3 N–H and O–H groups in total. The van der Waals surface area contributed by atoms with Crippen LogP contribution in [0.3, 0.4) is 0 Å². The van der Waals surface area contributed by atoms with Gasteiger partial charge in [0.2, 0.25) is 17.7 Å². The first kappa shape index (κ1) is 26.2. The van der Waals surface area contributed by atoms with Crippen LogP contribution in [-0.4, -0.2) is 69.3 Å². The fourth-order valence-electron chi connectivity index (χ4n) is 6.02. The van der Waals surface area contributed by atoms with Gasteiger partial charge in [-0.25, -0.2) is 4.79 Å². The smallest absolute Gasteiger partial charge is 0.432 e. The Morgan fingerprint density at radius 1 is 1.08 bits per heavy atom. The summed E-state index contributed by atoms with van der Waals surface area (Å²) in [5.41, 5.74) is 0.851. The van der Waals surface area contributed by atoms with Crippen LogP contribution in [-0.2, 0) is 19.8 Å². The zero-order valence-corrected chi connectivity index (χ0v) is 21.8. The lowest BCUT2D eigenvalue weighted by atomic mass is 9.77. The van der Waals surface area contributed by atoms with Crippen molar-refractivity contribution in [2.24, 2.45) is 0 Å². The molecule has 1 aliphatic carbocycles. The van der Waals surface area contributed by atoms with E-state index in [1.165, 1.54) is 13.1 Å². The first-order valence-electron chi connectivity index (χ1n) is 13.0. The number of benzene rings is 2. The lowest BCUT2D eigenvalue weighted by Gasteiger charge is -2.35. The molecule has 2 heterocycles. The van der Waals surface area contributed by atoms with Gasteiger partial charge in [-0.2, -0.15) is 9.78 Å². The van der Waals surface area contributed by atoms with Crippen molar-refractivity contribution in [3.63, 3.8) is 0 Å². The van der Waals surface area contributed by atoms with Crippen molar-refractivity contribution in [1.82, 2.24) is 20.0 Å². The number of carbonyl (C=O) groups is 4. The van der Waals surface area contributed by atoms with Crippen LogP contribution in [0.25, 0.3) is 10.9 Å². The SMILES string of the molecule is COc1ccc(C2(C(=O)N3C[C@H](NC(C)=O)C[C@@H]3C(=O)Nc3cccc4c3cnn4C(=O)O)CCCC2)cc1. The van der Waals surface area contributed by atoms with Crippen molar-refractivity contribution < 1.29 is 29.0 Å². The first-order valence-corrected chi connectivity index (χ1v) is 13.0. The maximum atomic E-state index is 14.3. The van der Waals surface area contributed by atoms with Gasteiger partial charge in [0.15, 0.2) is 0 Å². The molecule has 2 aliphatic rings. The number of fused-ring (bicyclic) bond motifs is 1. The van der Waals surface area contributed by atoms with Gasteiger partial charge in [-0.1, -0.05) is 31.0 Å². The highest BCUT2D eigenvalue weighted by atomic mass is 16.5. The number of ether oxygens (including phenoxy) is 1. The number of carbonyl (C=O) groups excluding carboxylic acids is 3. The molecule has 2 fully saturated rings. The molecule has 0 spiro atoms. The predicted octanol–water partition coefficient (Wildman–Crippen LogP) is 3.13. The number of nitrogens with one attached hydrogen (secondary N) is 2. The maximum Gasteiger partial charge on any atom is 0.432 e. The summed E-state index contributed by atoms with van der Waals surface area (Å²) in [5.74, 6) is -0.0707. The summed E-state index contributed by atoms with van der Waals surface area (Å²) < 4.78 is 6.13. The Bertz CT molecular complexity index is 1430. The first-order chi connectivity index (χ1) is 18.7. The molecule has 1 saturated heterocycles. The molecule has 1 saturated carbocycles. The van der Waals surface area contributed by atoms with E-state index in [1.54, 1.807) is 30.2 Å². The van der Waals surface area contributed by atoms with Gasteiger partial charge in [0, 0.05) is 24.9 Å². The van der Waals surface area contributed by atoms with Crippen molar-refractivity contribution in [2.75, 3.05) is 19.0 Å². The van der Waals surface area contributed by atoms with E-state index in [9.17, 15) is 24.3 Å². The van der Waals surface area contributed by atoms with Crippen LogP contribution in [0.1, 0.15) is 44.6 Å². The maximum absolute atomic E-state index is 14.3. The number of hydrogen-bond donors (Lipinski definition) is 3. The molecular weight excluding hydrogens is 502 g/mol. The second-order valence-corrected chi connectivity index (χ2v) is 10.2. The number of nitrogens with zero attached hydrogens (tertiary/aromatic N) is 3. The number of hydrogen-bond acceptors (Lipinski definition) is 6. The Morgan fingerprint density at radius 2 is 1.79 bits per heavy atom. The molecule has 2 aromatic carbocycles. The number of rotatable bonds is 6. The molecule has 11 nitrogen and oxygen atoms in total. The fraction of sp³-hybridized carbons (Fsp3) is 0.393. The highest BCUT2D eigenvalue weighted by Gasteiger charge is 2.50. The number of methoxy groups -OCH3 is 1. The van der Waals surface area contributed by atoms with Crippen LogP contribution in [0.15, 0.2) is 48.7 Å². The summed E-state index contributed by atoms with van der Waals surface area (Å²) in [6.07, 6.45) is 3.54. The quantitative estimate of drug-likeness (QED) is 0.442. The zero-order chi connectivity index (χ0) is 27.7. The van der Waals surface area contributed by atoms with Crippen LogP contribution in [0.5, 0.6) is 5.75 Å². The molecule has 5 rings (SSSR count). The van der Waals surface area contributed by atoms with E-state index in [-0.39, 0.29) is 30.8 Å². The van der Waals surface area contributed by atoms with E-state index in [1.807, 2.05) is 24.3 Å². The Kier molecular flexibility index (Phi) is 6.98. The Morgan fingerprint density at radius 3 is 2.44 bits per heavy atom. The van der Waals surface area contributed by atoms with E-state index in [2.05, 4.69) is 15.7 Å². The summed E-state index contributed by atoms with van der Waals surface area (Å²) in [6.45, 7) is 1.63. The third-order valence-corrected chi connectivity index (χ3v) is 7.83. The zero-order valence-electron chi connectivity index (χ0n) is 21.8. The van der Waals surface area contributed by atoms with Gasteiger partial charge in [-0.3, -0.25) is 14.4 Å². The number of likely N-dealkylation sites (tertiary alicyclic amines) is 1. The number of carboxylic acid groups (broad SMARTS) is 1. The van der Waals surface area contributed by atoms with Gasteiger partial charge in [0.25, 0.3) is 0 Å². The minimum absolute atomic E-state index is 0.130. The average Bonchev–Trinajstić information content (AvgIpc) is 3.67. The van der Waals surface area contributed by atoms with Gasteiger partial charge in [0.05, 0.1) is 29.9 Å². The number of anilines is 1. The summed E-state index contributed by atoms with van der Waals surface area (Å²) >= 11 is 0. The second-order valence-electron chi connectivity index (χ2n) is 10.2. The topological polar surface area (TPSA) is 143 Å². The third-order valence-electron chi connectivity index (χ3n) is 7.83. The Hall–Kier alpha value is -4.41. The van der Waals surface area contributed by atoms with Gasteiger partial charge >= 0.3 is 6.09 Å². The van der Waals surface area contributed by atoms with Crippen LogP contribution in [0.2, 0.25) is 0 Å². The molecule has 0 radical (unpaired) electrons. The van der Waals surface area contributed by atoms with Crippen molar-refractivity contribution in [3.8, 4) is 5.75 Å². The summed E-state index contributed by atoms with van der Waals surface area (Å²) in [4.78, 5) is 53.0. The van der Waals surface area contributed by atoms with E-state index in [0.29, 0.717) is 35.2 Å². The van der Waals surface area contributed by atoms with E-state index in [4.69, 9.17) is 4.74 Å². The molecule has 204 valence electrons. The molecule has 1 aliphatic heterocycles. The highest BCUT2D eigenvalue weighted by Crippen LogP contribution is 2.44. The Labute approximate surface area is 225 Å². The van der Waals surface area contributed by atoms with E-state index >= 15 is 0 Å². The molecule has 3 amide bonds. The molecule has 3 aromatic rings. The summed E-state index contributed by atoms with van der Waals surface area (Å²) in [7, 11) is 1.59. The standard InChI is InChI=1S/C28H31N5O6/c1-17(34)30-19-14-24(25(35)31-22-6-5-7-23-21(22)15-29-33(23)27(37)38)32(16-19)26(36)28(12-3-4-13-28)18-8-10-20(39-2)11-9-18/h5-11,15,19,24H,3-4,12-14,16H2,1-2H3,(H,30,34)(H,31,35)(H,37,38)/t19-,24-/m1/s1. The van der Waals surface area contributed by atoms with Crippen LogP contribution < -0.4 is 15.4 Å². The highest BCUT2D eigenvalue weighted by molar-refractivity contribution is 6.05. The van der Waals surface area contributed by atoms with Gasteiger partial charge < -0.3 is 25.4 Å². The van der Waals surface area contributed by atoms with Crippen molar-refractivity contribution in [2.45, 2.75) is 56.5 Å². The van der Waals surface area contributed by atoms with Crippen molar-refractivity contribution in [3.05, 3.63) is 54.2 Å². The molecule has 11 heteroatoms. The number of amides is 3. The van der Waals surface area contributed by atoms with Gasteiger partial charge in [-0.05, 0) is 49.1 Å². The van der Waals surface area contributed by atoms with Crippen LogP contribution in [0, 0.1) is 0 Å². The van der Waals surface area contributed by atoms with Crippen LogP contribution in [0.4, 0.5) is 10.5 Å². The monoisotopic (exact) mass is 533 g/mol. The fourth-order valence-corrected chi connectivity index (χ4v) is 6.02. The van der Waals surface area contributed by atoms with E-state index < -0.39 is 23.5 Å². The molecule has 0 unspecified atom stereocenters. The summed E-state index contributed by atoms with van der Waals surface area (Å²) in [6, 6.07) is 11.2. The molecule has 0 bridgehead atoms. The molecule has 1 aromatic heterocycles. The molecule has 2 atom stereocenters. The van der Waals surface area contributed by atoms with Gasteiger partial charge in [0.1, 0.15) is 11.8 Å². The third kappa shape index (κ3) is 4.80. The molecular formula is C28H31N5O6. The minimum atomic E-state index is -1.24. The Balaban J connectivity index is 1.46.